The van der Waals surface area contributed by atoms with E-state index in [4.69, 9.17) is 5.11 Å². The number of aromatic nitrogens is 1. The summed E-state index contributed by atoms with van der Waals surface area (Å²) >= 11 is 1.61. The van der Waals surface area contributed by atoms with Crippen LogP contribution in [0.4, 0.5) is 10.8 Å². The standard InChI is InChI=1S/C16H16N2OS/c1-11-15(9-10-19)20-16(17-11)18-14-8-4-6-12-5-2-3-7-13(12)14/h2-8,19H,9-10H2,1H3,(H,17,18). The van der Waals surface area contributed by atoms with Crippen molar-refractivity contribution in [2.24, 2.45) is 0 Å². The SMILES string of the molecule is Cc1nc(Nc2cccc3ccccc23)sc1CCO. The van der Waals surface area contributed by atoms with Crippen molar-refractivity contribution >= 4 is 32.9 Å². The van der Waals surface area contributed by atoms with Crippen LogP contribution in [-0.2, 0) is 6.42 Å². The van der Waals surface area contributed by atoms with Gasteiger partial charge in [-0.05, 0) is 18.4 Å². The van der Waals surface area contributed by atoms with Crippen molar-refractivity contribution in [2.45, 2.75) is 13.3 Å². The van der Waals surface area contributed by atoms with E-state index in [-0.39, 0.29) is 6.61 Å². The predicted octanol–water partition coefficient (Wildman–Crippen LogP) is 3.88. The summed E-state index contributed by atoms with van der Waals surface area (Å²) in [7, 11) is 0. The van der Waals surface area contributed by atoms with Gasteiger partial charge in [0.05, 0.1) is 5.69 Å². The van der Waals surface area contributed by atoms with Crippen molar-refractivity contribution in [3.05, 3.63) is 53.0 Å². The number of thiazole rings is 1. The maximum Gasteiger partial charge on any atom is 0.187 e. The molecule has 0 bridgehead atoms. The number of aryl methyl sites for hydroxylation is 1. The zero-order valence-electron chi connectivity index (χ0n) is 11.3. The van der Waals surface area contributed by atoms with Gasteiger partial charge >= 0.3 is 0 Å². The Labute approximate surface area is 121 Å². The quantitative estimate of drug-likeness (QED) is 0.764. The normalized spacial score (nSPS) is 10.9. The molecular formula is C16H16N2OS. The highest BCUT2D eigenvalue weighted by Gasteiger charge is 2.08. The van der Waals surface area contributed by atoms with Gasteiger partial charge in [0.15, 0.2) is 5.13 Å². The third-order valence-corrected chi connectivity index (χ3v) is 4.40. The van der Waals surface area contributed by atoms with E-state index in [0.29, 0.717) is 6.42 Å². The average Bonchev–Trinajstić information content (AvgIpc) is 2.80. The van der Waals surface area contributed by atoms with Crippen molar-refractivity contribution in [1.82, 2.24) is 4.98 Å². The first-order chi connectivity index (χ1) is 9.78. The van der Waals surface area contributed by atoms with E-state index in [1.807, 2.05) is 25.1 Å². The van der Waals surface area contributed by atoms with Crippen LogP contribution in [0.15, 0.2) is 42.5 Å². The summed E-state index contributed by atoms with van der Waals surface area (Å²) < 4.78 is 0. The van der Waals surface area contributed by atoms with E-state index in [1.165, 1.54) is 10.8 Å². The first kappa shape index (κ1) is 13.1. The van der Waals surface area contributed by atoms with Gasteiger partial charge in [-0.15, -0.1) is 11.3 Å². The predicted molar refractivity (Wildman–Crippen MR) is 84.9 cm³/mol. The molecule has 0 amide bonds. The molecule has 102 valence electrons. The van der Waals surface area contributed by atoms with E-state index < -0.39 is 0 Å². The summed E-state index contributed by atoms with van der Waals surface area (Å²) in [6.45, 7) is 2.15. The molecule has 0 fully saturated rings. The Balaban J connectivity index is 1.95. The zero-order chi connectivity index (χ0) is 13.9. The molecule has 0 saturated heterocycles. The van der Waals surface area contributed by atoms with Crippen LogP contribution >= 0.6 is 11.3 Å². The molecule has 0 unspecified atom stereocenters. The first-order valence-corrected chi connectivity index (χ1v) is 7.41. The van der Waals surface area contributed by atoms with Gasteiger partial charge in [0.1, 0.15) is 0 Å². The summed E-state index contributed by atoms with van der Waals surface area (Å²) in [6.07, 6.45) is 0.667. The molecule has 3 aromatic rings. The smallest absolute Gasteiger partial charge is 0.187 e. The summed E-state index contributed by atoms with van der Waals surface area (Å²) in [6, 6.07) is 14.5. The van der Waals surface area contributed by atoms with Crippen LogP contribution in [0.1, 0.15) is 10.6 Å². The highest BCUT2D eigenvalue weighted by atomic mass is 32.1. The van der Waals surface area contributed by atoms with E-state index >= 15 is 0 Å². The van der Waals surface area contributed by atoms with Crippen molar-refractivity contribution in [1.29, 1.82) is 0 Å². The number of nitrogens with zero attached hydrogens (tertiary/aromatic N) is 1. The third kappa shape index (κ3) is 2.53. The van der Waals surface area contributed by atoms with Crippen LogP contribution in [0.3, 0.4) is 0 Å². The molecule has 2 aromatic carbocycles. The van der Waals surface area contributed by atoms with E-state index in [9.17, 15) is 0 Å². The summed E-state index contributed by atoms with van der Waals surface area (Å²) in [5, 5.41) is 15.7. The number of anilines is 2. The first-order valence-electron chi connectivity index (χ1n) is 6.60. The van der Waals surface area contributed by atoms with Gasteiger partial charge in [-0.1, -0.05) is 36.4 Å². The van der Waals surface area contributed by atoms with Crippen LogP contribution in [0, 0.1) is 6.92 Å². The molecule has 2 N–H and O–H groups in total. The molecule has 20 heavy (non-hydrogen) atoms. The topological polar surface area (TPSA) is 45.2 Å². The minimum atomic E-state index is 0.163. The minimum Gasteiger partial charge on any atom is -0.396 e. The highest BCUT2D eigenvalue weighted by Crippen LogP contribution is 2.30. The number of rotatable bonds is 4. The molecule has 1 heterocycles. The Hall–Kier alpha value is -1.91. The lowest BCUT2D eigenvalue weighted by atomic mass is 10.1. The summed E-state index contributed by atoms with van der Waals surface area (Å²) in [4.78, 5) is 5.66. The van der Waals surface area contributed by atoms with E-state index in [1.54, 1.807) is 11.3 Å². The van der Waals surface area contributed by atoms with E-state index in [0.717, 1.165) is 21.4 Å². The van der Waals surface area contributed by atoms with Gasteiger partial charge in [-0.2, -0.15) is 0 Å². The molecule has 0 atom stereocenters. The van der Waals surface area contributed by atoms with Gasteiger partial charge in [0.2, 0.25) is 0 Å². The van der Waals surface area contributed by atoms with Gasteiger partial charge in [-0.3, -0.25) is 0 Å². The van der Waals surface area contributed by atoms with E-state index in [2.05, 4.69) is 34.6 Å². The van der Waals surface area contributed by atoms with Gasteiger partial charge in [0.25, 0.3) is 0 Å². The maximum absolute atomic E-state index is 9.04. The summed E-state index contributed by atoms with van der Waals surface area (Å²) in [5.41, 5.74) is 2.05. The monoisotopic (exact) mass is 284 g/mol. The van der Waals surface area contributed by atoms with Gasteiger partial charge < -0.3 is 10.4 Å². The Morgan fingerprint density at radius 1 is 1.15 bits per heavy atom. The number of nitrogens with one attached hydrogen (secondary N) is 1. The highest BCUT2D eigenvalue weighted by molar-refractivity contribution is 7.15. The van der Waals surface area contributed by atoms with Crippen molar-refractivity contribution in [3.63, 3.8) is 0 Å². The number of benzene rings is 2. The molecule has 0 aliphatic rings. The Kier molecular flexibility index (Phi) is 3.67. The largest absolute Gasteiger partial charge is 0.396 e. The molecule has 3 nitrogen and oxygen atoms in total. The van der Waals surface area contributed by atoms with Crippen molar-refractivity contribution < 1.29 is 5.11 Å². The minimum absolute atomic E-state index is 0.163. The second-order valence-corrected chi connectivity index (χ2v) is 5.74. The lowest BCUT2D eigenvalue weighted by molar-refractivity contribution is 0.300. The Morgan fingerprint density at radius 2 is 1.95 bits per heavy atom. The molecular weight excluding hydrogens is 268 g/mol. The Bertz CT molecular complexity index is 731. The van der Waals surface area contributed by atoms with Crippen LogP contribution in [0.2, 0.25) is 0 Å². The average molecular weight is 284 g/mol. The summed E-state index contributed by atoms with van der Waals surface area (Å²) in [5.74, 6) is 0. The van der Waals surface area contributed by atoms with Crippen molar-refractivity contribution in [2.75, 3.05) is 11.9 Å². The second-order valence-electron chi connectivity index (χ2n) is 4.65. The molecule has 0 spiro atoms. The second kappa shape index (κ2) is 5.61. The Morgan fingerprint density at radius 3 is 2.80 bits per heavy atom. The van der Waals surface area contributed by atoms with Crippen LogP contribution in [0.5, 0.6) is 0 Å². The fourth-order valence-corrected chi connectivity index (χ4v) is 3.23. The molecule has 4 heteroatoms. The van der Waals surface area contributed by atoms with Gasteiger partial charge in [0, 0.05) is 29.0 Å². The maximum atomic E-state index is 9.04. The number of aliphatic hydroxyl groups is 1. The van der Waals surface area contributed by atoms with Crippen LogP contribution < -0.4 is 5.32 Å². The van der Waals surface area contributed by atoms with Crippen LogP contribution in [-0.4, -0.2) is 16.7 Å². The molecule has 1 aromatic heterocycles. The molecule has 3 rings (SSSR count). The van der Waals surface area contributed by atoms with Crippen molar-refractivity contribution in [3.8, 4) is 0 Å². The number of hydrogen-bond donors (Lipinski definition) is 2. The molecule has 0 aliphatic heterocycles. The molecule has 0 aliphatic carbocycles. The fraction of sp³-hybridized carbons (Fsp3) is 0.188. The van der Waals surface area contributed by atoms with Crippen LogP contribution in [0.25, 0.3) is 10.8 Å². The third-order valence-electron chi connectivity index (χ3n) is 3.26. The molecule has 0 saturated carbocycles. The molecule has 0 radical (unpaired) electrons. The zero-order valence-corrected chi connectivity index (χ0v) is 12.1. The lowest BCUT2D eigenvalue weighted by Crippen LogP contribution is -1.90. The van der Waals surface area contributed by atoms with Gasteiger partial charge in [-0.25, -0.2) is 4.98 Å². The fourth-order valence-electron chi connectivity index (χ4n) is 2.26. The number of fused-ring (bicyclic) bond motifs is 1. The number of aliphatic hydroxyl groups excluding tert-OH is 1. The number of hydrogen-bond acceptors (Lipinski definition) is 4. The lowest BCUT2D eigenvalue weighted by Gasteiger charge is -2.06.